The minimum Gasteiger partial charge on any atom is -0.393 e. The van der Waals surface area contributed by atoms with Gasteiger partial charge in [-0.1, -0.05) is 12.1 Å². The molecule has 1 amide bonds. The van der Waals surface area contributed by atoms with Crippen molar-refractivity contribution in [2.45, 2.75) is 31.8 Å². The number of hydrogen-bond acceptors (Lipinski definition) is 3. The molecule has 1 aliphatic heterocycles. The Morgan fingerprint density at radius 2 is 2.05 bits per heavy atom. The molecule has 2 rings (SSSR count). The number of aliphatic hydroxyl groups excluding tert-OH is 1. The lowest BCUT2D eigenvalue weighted by atomic mass is 10.1. The fourth-order valence-corrected chi connectivity index (χ4v) is 2.59. The molecule has 1 aromatic carbocycles. The monoisotopic (exact) mass is 312 g/mol. The highest BCUT2D eigenvalue weighted by atomic mass is 19.2. The largest absolute Gasteiger partial charge is 0.393 e. The normalized spacial score (nSPS) is 16.7. The van der Waals surface area contributed by atoms with Crippen LogP contribution in [0.3, 0.4) is 0 Å². The molecule has 1 aromatic rings. The molecule has 6 heteroatoms. The molecule has 1 heterocycles. The SMILES string of the molecule is O=C(Cc1cccc(F)c1F)NCCCN1CCC(O)CC1. The molecule has 1 aliphatic rings. The van der Waals surface area contributed by atoms with Crippen LogP contribution in [0.5, 0.6) is 0 Å². The highest BCUT2D eigenvalue weighted by molar-refractivity contribution is 5.78. The topological polar surface area (TPSA) is 52.6 Å². The summed E-state index contributed by atoms with van der Waals surface area (Å²) in [5.41, 5.74) is 0.0718. The molecule has 0 unspecified atom stereocenters. The lowest BCUT2D eigenvalue weighted by Crippen LogP contribution is -2.37. The molecule has 0 bridgehead atoms. The Bertz CT molecular complexity index is 503. The van der Waals surface area contributed by atoms with Gasteiger partial charge in [0.2, 0.25) is 5.91 Å². The first-order valence-corrected chi connectivity index (χ1v) is 7.66. The van der Waals surface area contributed by atoms with E-state index in [0.29, 0.717) is 6.54 Å². The van der Waals surface area contributed by atoms with Crippen molar-refractivity contribution in [3.8, 4) is 0 Å². The summed E-state index contributed by atoms with van der Waals surface area (Å²) in [7, 11) is 0. The summed E-state index contributed by atoms with van der Waals surface area (Å²) in [4.78, 5) is 14.0. The zero-order valence-corrected chi connectivity index (χ0v) is 12.5. The first-order valence-electron chi connectivity index (χ1n) is 7.66. The standard InChI is InChI=1S/C16H22F2N2O2/c17-14-4-1-3-12(16(14)18)11-15(22)19-7-2-8-20-9-5-13(21)6-10-20/h1,3-4,13,21H,2,5-11H2,(H,19,22). The van der Waals surface area contributed by atoms with Crippen LogP contribution in [0.15, 0.2) is 18.2 Å². The molecule has 122 valence electrons. The average molecular weight is 312 g/mol. The first kappa shape index (κ1) is 16.8. The van der Waals surface area contributed by atoms with Crippen molar-refractivity contribution in [1.29, 1.82) is 0 Å². The number of piperidine rings is 1. The van der Waals surface area contributed by atoms with Gasteiger partial charge < -0.3 is 15.3 Å². The zero-order chi connectivity index (χ0) is 15.9. The fraction of sp³-hybridized carbons (Fsp3) is 0.562. The Balaban J connectivity index is 1.65. The summed E-state index contributed by atoms with van der Waals surface area (Å²) < 4.78 is 26.5. The van der Waals surface area contributed by atoms with E-state index in [-0.39, 0.29) is 24.0 Å². The minimum atomic E-state index is -0.954. The van der Waals surface area contributed by atoms with Crippen LogP contribution < -0.4 is 5.32 Å². The smallest absolute Gasteiger partial charge is 0.224 e. The van der Waals surface area contributed by atoms with Crippen LogP contribution in [-0.4, -0.2) is 48.2 Å². The first-order chi connectivity index (χ1) is 10.6. The maximum absolute atomic E-state index is 13.4. The average Bonchev–Trinajstić information content (AvgIpc) is 2.50. The van der Waals surface area contributed by atoms with Crippen LogP contribution in [0.1, 0.15) is 24.8 Å². The third-order valence-electron chi connectivity index (χ3n) is 3.91. The minimum absolute atomic E-state index is 0.0718. The van der Waals surface area contributed by atoms with Gasteiger partial charge in [-0.25, -0.2) is 8.78 Å². The zero-order valence-electron chi connectivity index (χ0n) is 12.5. The Morgan fingerprint density at radius 1 is 1.32 bits per heavy atom. The van der Waals surface area contributed by atoms with Gasteiger partial charge in [0.1, 0.15) is 0 Å². The van der Waals surface area contributed by atoms with Gasteiger partial charge in [-0.2, -0.15) is 0 Å². The van der Waals surface area contributed by atoms with Gasteiger partial charge in [-0.15, -0.1) is 0 Å². The van der Waals surface area contributed by atoms with Crippen LogP contribution in [0.2, 0.25) is 0 Å². The summed E-state index contributed by atoms with van der Waals surface area (Å²) in [5.74, 6) is -2.19. The van der Waals surface area contributed by atoms with Gasteiger partial charge in [-0.3, -0.25) is 4.79 Å². The molecule has 22 heavy (non-hydrogen) atoms. The van der Waals surface area contributed by atoms with E-state index in [1.807, 2.05) is 0 Å². The molecule has 2 N–H and O–H groups in total. The molecule has 0 saturated carbocycles. The van der Waals surface area contributed by atoms with Crippen molar-refractivity contribution < 1.29 is 18.7 Å². The molecular weight excluding hydrogens is 290 g/mol. The van der Waals surface area contributed by atoms with Gasteiger partial charge >= 0.3 is 0 Å². The summed E-state index contributed by atoms with van der Waals surface area (Å²) in [6.45, 7) is 3.13. The Hall–Kier alpha value is -1.53. The highest BCUT2D eigenvalue weighted by Gasteiger charge is 2.16. The summed E-state index contributed by atoms with van der Waals surface area (Å²) >= 11 is 0. The quantitative estimate of drug-likeness (QED) is 0.782. The van der Waals surface area contributed by atoms with Crippen molar-refractivity contribution in [3.63, 3.8) is 0 Å². The third kappa shape index (κ3) is 5.03. The maximum Gasteiger partial charge on any atom is 0.224 e. The Morgan fingerprint density at radius 3 is 2.77 bits per heavy atom. The lowest BCUT2D eigenvalue weighted by molar-refractivity contribution is -0.120. The van der Waals surface area contributed by atoms with Crippen LogP contribution in [0, 0.1) is 11.6 Å². The number of rotatable bonds is 6. The molecule has 0 aromatic heterocycles. The highest BCUT2D eigenvalue weighted by Crippen LogP contribution is 2.12. The second kappa shape index (κ2) is 8.19. The van der Waals surface area contributed by atoms with Crippen LogP contribution >= 0.6 is 0 Å². The van der Waals surface area contributed by atoms with E-state index in [2.05, 4.69) is 10.2 Å². The predicted octanol–water partition coefficient (Wildman–Crippen LogP) is 1.47. The van der Waals surface area contributed by atoms with E-state index < -0.39 is 11.6 Å². The van der Waals surface area contributed by atoms with E-state index in [1.165, 1.54) is 12.1 Å². The van der Waals surface area contributed by atoms with E-state index in [4.69, 9.17) is 0 Å². The van der Waals surface area contributed by atoms with Crippen LogP contribution in [0.4, 0.5) is 8.78 Å². The third-order valence-corrected chi connectivity index (χ3v) is 3.91. The summed E-state index contributed by atoms with van der Waals surface area (Å²) in [6, 6.07) is 3.84. The second-order valence-corrected chi connectivity index (χ2v) is 5.67. The van der Waals surface area contributed by atoms with Gasteiger partial charge in [0.05, 0.1) is 12.5 Å². The number of likely N-dealkylation sites (tertiary alicyclic amines) is 1. The van der Waals surface area contributed by atoms with E-state index in [1.54, 1.807) is 0 Å². The van der Waals surface area contributed by atoms with E-state index in [9.17, 15) is 18.7 Å². The van der Waals surface area contributed by atoms with Crippen molar-refractivity contribution in [1.82, 2.24) is 10.2 Å². The molecule has 0 atom stereocenters. The second-order valence-electron chi connectivity index (χ2n) is 5.67. The van der Waals surface area contributed by atoms with Crippen molar-refractivity contribution in [2.24, 2.45) is 0 Å². The lowest BCUT2D eigenvalue weighted by Gasteiger charge is -2.29. The predicted molar refractivity (Wildman–Crippen MR) is 79.4 cm³/mol. The van der Waals surface area contributed by atoms with Crippen molar-refractivity contribution in [3.05, 3.63) is 35.4 Å². The number of carbonyl (C=O) groups is 1. The fourth-order valence-electron chi connectivity index (χ4n) is 2.59. The Kier molecular flexibility index (Phi) is 6.27. The number of nitrogens with zero attached hydrogens (tertiary/aromatic N) is 1. The molecule has 1 fully saturated rings. The molecule has 0 spiro atoms. The van der Waals surface area contributed by atoms with Crippen molar-refractivity contribution >= 4 is 5.91 Å². The van der Waals surface area contributed by atoms with E-state index >= 15 is 0 Å². The molecule has 0 aliphatic carbocycles. The van der Waals surface area contributed by atoms with E-state index in [0.717, 1.165) is 45.0 Å². The number of nitrogens with one attached hydrogen (secondary N) is 1. The summed E-state index contributed by atoms with van der Waals surface area (Å²) in [6.07, 6.45) is 2.06. The maximum atomic E-state index is 13.4. The number of carbonyl (C=O) groups excluding carboxylic acids is 1. The number of halogens is 2. The number of benzene rings is 1. The van der Waals surface area contributed by atoms with Gasteiger partial charge in [0.25, 0.3) is 0 Å². The number of hydrogen-bond donors (Lipinski definition) is 2. The van der Waals surface area contributed by atoms with Gasteiger partial charge in [0.15, 0.2) is 11.6 Å². The molecular formula is C16H22F2N2O2. The van der Waals surface area contributed by atoms with Gasteiger partial charge in [-0.05, 0) is 31.9 Å². The van der Waals surface area contributed by atoms with Gasteiger partial charge in [0, 0.05) is 25.2 Å². The summed E-state index contributed by atoms with van der Waals surface area (Å²) in [5, 5.41) is 12.1. The van der Waals surface area contributed by atoms with Crippen LogP contribution in [0.25, 0.3) is 0 Å². The van der Waals surface area contributed by atoms with Crippen LogP contribution in [-0.2, 0) is 11.2 Å². The number of amides is 1. The Labute approximate surface area is 129 Å². The number of aliphatic hydroxyl groups is 1. The van der Waals surface area contributed by atoms with Crippen molar-refractivity contribution in [2.75, 3.05) is 26.2 Å². The molecule has 1 saturated heterocycles. The molecule has 0 radical (unpaired) electrons. The molecule has 4 nitrogen and oxygen atoms in total.